The number of hydrogen-bond donors (Lipinski definition) is 0. The molecule has 0 unspecified atom stereocenters. The molecule has 1 amide bonds. The second-order valence-electron chi connectivity index (χ2n) is 3.80. The first-order chi connectivity index (χ1) is 8.13. The summed E-state index contributed by atoms with van der Waals surface area (Å²) in [7, 11) is 1.35. The average molecular weight is 259 g/mol. The lowest BCUT2D eigenvalue weighted by atomic mass is 10.1. The SMILES string of the molecule is COC(=O)CCSCC(=O)N1CCC(=O)CC1. The largest absolute Gasteiger partial charge is 0.469 e. The van der Waals surface area contributed by atoms with E-state index in [9.17, 15) is 14.4 Å². The molecule has 1 fully saturated rings. The summed E-state index contributed by atoms with van der Waals surface area (Å²) in [5.74, 6) is 0.976. The van der Waals surface area contributed by atoms with E-state index in [2.05, 4.69) is 4.74 Å². The summed E-state index contributed by atoms with van der Waals surface area (Å²) in [6.07, 6.45) is 1.27. The summed E-state index contributed by atoms with van der Waals surface area (Å²) in [5, 5.41) is 0. The first kappa shape index (κ1) is 14.0. The molecule has 1 saturated heterocycles. The molecule has 1 rings (SSSR count). The smallest absolute Gasteiger partial charge is 0.306 e. The number of Topliss-reactive ketones (excluding diaryl/α,β-unsaturated/α-hetero) is 1. The fourth-order valence-corrected chi connectivity index (χ4v) is 2.33. The van der Waals surface area contributed by atoms with Gasteiger partial charge in [0.15, 0.2) is 0 Å². The van der Waals surface area contributed by atoms with Crippen LogP contribution in [0.2, 0.25) is 0 Å². The molecule has 1 aliphatic heterocycles. The minimum absolute atomic E-state index is 0.0485. The molecule has 0 atom stereocenters. The molecule has 17 heavy (non-hydrogen) atoms. The van der Waals surface area contributed by atoms with E-state index in [4.69, 9.17) is 0 Å². The second kappa shape index (κ2) is 7.32. The Balaban J connectivity index is 2.12. The second-order valence-corrected chi connectivity index (χ2v) is 4.90. The van der Waals surface area contributed by atoms with Gasteiger partial charge in [0.1, 0.15) is 5.78 Å². The molecule has 1 heterocycles. The van der Waals surface area contributed by atoms with E-state index in [1.165, 1.54) is 18.9 Å². The third-order valence-corrected chi connectivity index (χ3v) is 3.52. The highest BCUT2D eigenvalue weighted by molar-refractivity contribution is 7.99. The number of likely N-dealkylation sites (tertiary alicyclic amines) is 1. The van der Waals surface area contributed by atoms with E-state index in [-0.39, 0.29) is 17.7 Å². The molecule has 0 aliphatic carbocycles. The Morgan fingerprint density at radius 2 is 2.00 bits per heavy atom. The van der Waals surface area contributed by atoms with Gasteiger partial charge in [-0.1, -0.05) is 0 Å². The van der Waals surface area contributed by atoms with Crippen molar-refractivity contribution in [2.45, 2.75) is 19.3 Å². The van der Waals surface area contributed by atoms with Gasteiger partial charge in [-0.2, -0.15) is 11.8 Å². The lowest BCUT2D eigenvalue weighted by Crippen LogP contribution is -2.39. The molecule has 0 aromatic heterocycles. The van der Waals surface area contributed by atoms with Crippen LogP contribution in [0.1, 0.15) is 19.3 Å². The topological polar surface area (TPSA) is 63.7 Å². The van der Waals surface area contributed by atoms with Gasteiger partial charge in [0.25, 0.3) is 0 Å². The van der Waals surface area contributed by atoms with E-state index in [0.717, 1.165) is 0 Å². The zero-order chi connectivity index (χ0) is 12.7. The van der Waals surface area contributed by atoms with Crippen LogP contribution in [0.5, 0.6) is 0 Å². The highest BCUT2D eigenvalue weighted by atomic mass is 32.2. The van der Waals surface area contributed by atoms with E-state index in [0.29, 0.717) is 43.9 Å². The van der Waals surface area contributed by atoms with Crippen molar-refractivity contribution in [3.63, 3.8) is 0 Å². The van der Waals surface area contributed by atoms with E-state index < -0.39 is 0 Å². The van der Waals surface area contributed by atoms with Gasteiger partial charge in [-0.25, -0.2) is 0 Å². The van der Waals surface area contributed by atoms with Crippen molar-refractivity contribution in [2.75, 3.05) is 31.7 Å². The minimum atomic E-state index is -0.256. The summed E-state index contributed by atoms with van der Waals surface area (Å²) < 4.78 is 4.50. The quantitative estimate of drug-likeness (QED) is 0.530. The molecule has 0 bridgehead atoms. The number of ether oxygens (including phenoxy) is 1. The van der Waals surface area contributed by atoms with Crippen molar-refractivity contribution >= 4 is 29.4 Å². The summed E-state index contributed by atoms with van der Waals surface area (Å²) >= 11 is 1.42. The van der Waals surface area contributed by atoms with Crippen molar-refractivity contribution < 1.29 is 19.1 Å². The third-order valence-electron chi connectivity index (χ3n) is 2.58. The maximum Gasteiger partial charge on any atom is 0.306 e. The zero-order valence-electron chi connectivity index (χ0n) is 9.94. The van der Waals surface area contributed by atoms with Gasteiger partial charge >= 0.3 is 5.97 Å². The van der Waals surface area contributed by atoms with E-state index >= 15 is 0 Å². The number of carbonyl (C=O) groups is 3. The lowest BCUT2D eigenvalue weighted by Gasteiger charge is -2.25. The fourth-order valence-electron chi connectivity index (χ4n) is 1.51. The molecular weight excluding hydrogens is 242 g/mol. The van der Waals surface area contributed by atoms with Gasteiger partial charge in [-0.15, -0.1) is 0 Å². The maximum atomic E-state index is 11.7. The Labute approximate surface area is 105 Å². The number of piperidine rings is 1. The summed E-state index contributed by atoms with van der Waals surface area (Å²) in [6, 6.07) is 0. The Morgan fingerprint density at radius 1 is 1.35 bits per heavy atom. The van der Waals surface area contributed by atoms with Crippen LogP contribution < -0.4 is 0 Å². The van der Waals surface area contributed by atoms with Gasteiger partial charge in [0, 0.05) is 31.7 Å². The summed E-state index contributed by atoms with van der Waals surface area (Å²) in [4.78, 5) is 35.2. The highest BCUT2D eigenvalue weighted by Gasteiger charge is 2.20. The van der Waals surface area contributed by atoms with Gasteiger partial charge < -0.3 is 9.64 Å². The van der Waals surface area contributed by atoms with Crippen LogP contribution in [-0.4, -0.2) is 54.3 Å². The van der Waals surface area contributed by atoms with Crippen LogP contribution >= 0.6 is 11.8 Å². The number of carbonyl (C=O) groups excluding carboxylic acids is 3. The third kappa shape index (κ3) is 5.21. The molecule has 1 aliphatic rings. The number of methoxy groups -OCH3 is 1. The van der Waals surface area contributed by atoms with Gasteiger partial charge in [0.2, 0.25) is 5.91 Å². The molecular formula is C11H17NO4S. The van der Waals surface area contributed by atoms with Crippen molar-refractivity contribution in [3.8, 4) is 0 Å². The van der Waals surface area contributed by atoms with E-state index in [1.54, 1.807) is 4.90 Å². The molecule has 0 saturated carbocycles. The van der Waals surface area contributed by atoms with Crippen molar-refractivity contribution in [1.82, 2.24) is 4.90 Å². The number of hydrogen-bond acceptors (Lipinski definition) is 5. The molecule has 0 radical (unpaired) electrons. The number of esters is 1. The summed E-state index contributed by atoms with van der Waals surface area (Å²) in [6.45, 7) is 1.07. The zero-order valence-corrected chi connectivity index (χ0v) is 10.8. The predicted octanol–water partition coefficient (Wildman–Crippen LogP) is 0.474. The Hall–Kier alpha value is -1.04. The number of ketones is 1. The fraction of sp³-hybridized carbons (Fsp3) is 0.727. The first-order valence-corrected chi connectivity index (χ1v) is 6.73. The molecule has 0 aromatic rings. The van der Waals surface area contributed by atoms with Gasteiger partial charge in [-0.3, -0.25) is 14.4 Å². The van der Waals surface area contributed by atoms with Gasteiger partial charge in [-0.05, 0) is 0 Å². The van der Waals surface area contributed by atoms with E-state index in [1.807, 2.05) is 0 Å². The number of thioether (sulfide) groups is 1. The van der Waals surface area contributed by atoms with Crippen LogP contribution in [-0.2, 0) is 19.1 Å². The maximum absolute atomic E-state index is 11.7. The van der Waals surface area contributed by atoms with Crippen LogP contribution in [0.4, 0.5) is 0 Å². The number of amides is 1. The minimum Gasteiger partial charge on any atom is -0.469 e. The predicted molar refractivity (Wildman–Crippen MR) is 64.8 cm³/mol. The Kier molecular flexibility index (Phi) is 6.04. The van der Waals surface area contributed by atoms with Crippen LogP contribution in [0.25, 0.3) is 0 Å². The molecule has 0 aromatic carbocycles. The Bertz CT molecular complexity index is 296. The molecule has 0 spiro atoms. The lowest BCUT2D eigenvalue weighted by molar-refractivity contribution is -0.140. The molecule has 5 nitrogen and oxygen atoms in total. The van der Waals surface area contributed by atoms with Crippen LogP contribution in [0.15, 0.2) is 0 Å². The average Bonchev–Trinajstić information content (AvgIpc) is 2.34. The van der Waals surface area contributed by atoms with Crippen molar-refractivity contribution in [2.24, 2.45) is 0 Å². The highest BCUT2D eigenvalue weighted by Crippen LogP contribution is 2.10. The molecule has 0 N–H and O–H groups in total. The standard InChI is InChI=1S/C11H17NO4S/c1-16-11(15)4-7-17-8-10(14)12-5-2-9(13)3-6-12/h2-8H2,1H3. The van der Waals surface area contributed by atoms with Crippen LogP contribution in [0, 0.1) is 0 Å². The number of nitrogens with zero attached hydrogens (tertiary/aromatic N) is 1. The first-order valence-electron chi connectivity index (χ1n) is 5.57. The molecule has 6 heteroatoms. The normalized spacial score (nSPS) is 15.8. The van der Waals surface area contributed by atoms with Gasteiger partial charge in [0.05, 0.1) is 19.3 Å². The molecule has 96 valence electrons. The van der Waals surface area contributed by atoms with Crippen molar-refractivity contribution in [1.29, 1.82) is 0 Å². The summed E-state index contributed by atoms with van der Waals surface area (Å²) in [5.41, 5.74) is 0. The number of rotatable bonds is 5. The Morgan fingerprint density at radius 3 is 2.59 bits per heavy atom. The van der Waals surface area contributed by atoms with Crippen molar-refractivity contribution in [3.05, 3.63) is 0 Å². The monoisotopic (exact) mass is 259 g/mol. The van der Waals surface area contributed by atoms with Crippen LogP contribution in [0.3, 0.4) is 0 Å².